The highest BCUT2D eigenvalue weighted by Gasteiger charge is 2.54. The maximum Gasteiger partial charge on any atom is 0.234 e. The second-order valence-corrected chi connectivity index (χ2v) is 9.54. The summed E-state index contributed by atoms with van der Waals surface area (Å²) < 4.78 is 0. The van der Waals surface area contributed by atoms with Crippen LogP contribution in [0.25, 0.3) is 0 Å². The molecule has 0 N–H and O–H groups in total. The lowest BCUT2D eigenvalue weighted by atomic mass is 10.00. The summed E-state index contributed by atoms with van der Waals surface area (Å²) in [6, 6.07) is 20.2. The maximum absolute atomic E-state index is 13.2. The highest BCUT2D eigenvalue weighted by Crippen LogP contribution is 2.37. The first-order chi connectivity index (χ1) is 16.1. The Balaban J connectivity index is 1.12. The fourth-order valence-corrected chi connectivity index (χ4v) is 5.61. The van der Waals surface area contributed by atoms with E-state index in [0.717, 1.165) is 13.0 Å². The Labute approximate surface area is 195 Å². The lowest BCUT2D eigenvalue weighted by Gasteiger charge is -2.36. The van der Waals surface area contributed by atoms with E-state index in [-0.39, 0.29) is 35.6 Å². The van der Waals surface area contributed by atoms with E-state index in [1.165, 1.54) is 11.1 Å². The summed E-state index contributed by atoms with van der Waals surface area (Å²) in [6.07, 6.45) is 2.60. The van der Waals surface area contributed by atoms with Crippen molar-refractivity contribution in [3.05, 3.63) is 71.8 Å². The normalized spacial score (nSPS) is 23.9. The zero-order chi connectivity index (χ0) is 22.8. The highest BCUT2D eigenvalue weighted by atomic mass is 16.2. The van der Waals surface area contributed by atoms with E-state index in [1.54, 1.807) is 4.90 Å². The number of piperidine rings is 1. The Hall–Kier alpha value is -2.99. The summed E-state index contributed by atoms with van der Waals surface area (Å²) in [5.74, 6) is -0.285. The number of benzene rings is 2. The quantitative estimate of drug-likeness (QED) is 0.642. The topological polar surface area (TPSA) is 60.9 Å². The molecule has 6 nitrogen and oxygen atoms in total. The fraction of sp³-hybridized carbons (Fsp3) is 0.444. The second-order valence-electron chi connectivity index (χ2n) is 9.54. The SMILES string of the molecule is O=C(CCc1ccccc1)N1CCC(N2C(=O)[C@H]3CN(Cc4ccccc4)C[C@H]3C2=O)CC1. The van der Waals surface area contributed by atoms with E-state index < -0.39 is 0 Å². The Bertz CT molecular complexity index is 978. The van der Waals surface area contributed by atoms with Crippen molar-refractivity contribution in [1.29, 1.82) is 0 Å². The summed E-state index contributed by atoms with van der Waals surface area (Å²) in [7, 11) is 0. The van der Waals surface area contributed by atoms with Gasteiger partial charge in [0.2, 0.25) is 17.7 Å². The molecular formula is C27H31N3O3. The minimum absolute atomic E-state index is 0.00517. The number of rotatable bonds is 6. The molecule has 5 rings (SSSR count). The van der Waals surface area contributed by atoms with Gasteiger partial charge in [-0.1, -0.05) is 60.7 Å². The van der Waals surface area contributed by atoms with Gasteiger partial charge in [0.1, 0.15) is 0 Å². The number of imide groups is 1. The Morgan fingerprint density at radius 2 is 1.33 bits per heavy atom. The summed E-state index contributed by atoms with van der Waals surface area (Å²) in [5.41, 5.74) is 2.38. The van der Waals surface area contributed by atoms with Crippen molar-refractivity contribution in [1.82, 2.24) is 14.7 Å². The number of nitrogens with zero attached hydrogens (tertiary/aromatic N) is 3. The molecule has 2 atom stereocenters. The van der Waals surface area contributed by atoms with Crippen LogP contribution in [0.1, 0.15) is 30.4 Å². The standard InChI is InChI=1S/C27H31N3O3/c31-25(12-11-20-7-3-1-4-8-20)29-15-13-22(14-16-29)30-26(32)23-18-28(19-24(23)27(30)33)17-21-9-5-2-6-10-21/h1-10,22-24H,11-19H2/t23-,24+. The van der Waals surface area contributed by atoms with Crippen LogP contribution in [0.4, 0.5) is 0 Å². The molecule has 3 aliphatic heterocycles. The molecule has 0 spiro atoms. The van der Waals surface area contributed by atoms with Crippen molar-refractivity contribution in [3.8, 4) is 0 Å². The average molecular weight is 446 g/mol. The van der Waals surface area contributed by atoms with Crippen LogP contribution in [0.3, 0.4) is 0 Å². The van der Waals surface area contributed by atoms with Crippen molar-refractivity contribution in [2.24, 2.45) is 11.8 Å². The zero-order valence-electron chi connectivity index (χ0n) is 18.9. The summed E-state index contributed by atoms with van der Waals surface area (Å²) >= 11 is 0. The molecule has 3 saturated heterocycles. The molecule has 33 heavy (non-hydrogen) atoms. The minimum atomic E-state index is -0.216. The minimum Gasteiger partial charge on any atom is -0.343 e. The molecular weight excluding hydrogens is 414 g/mol. The van der Waals surface area contributed by atoms with E-state index in [0.29, 0.717) is 45.4 Å². The molecule has 2 aromatic rings. The molecule has 3 amide bonds. The maximum atomic E-state index is 13.2. The van der Waals surface area contributed by atoms with Crippen molar-refractivity contribution in [3.63, 3.8) is 0 Å². The molecule has 172 valence electrons. The van der Waals surface area contributed by atoms with Gasteiger partial charge in [0.05, 0.1) is 11.8 Å². The number of amides is 3. The molecule has 3 aliphatic rings. The number of fused-ring (bicyclic) bond motifs is 1. The molecule has 0 unspecified atom stereocenters. The lowest BCUT2D eigenvalue weighted by Crippen LogP contribution is -2.50. The molecule has 0 saturated carbocycles. The van der Waals surface area contributed by atoms with E-state index in [2.05, 4.69) is 17.0 Å². The van der Waals surface area contributed by atoms with Gasteiger partial charge in [-0.2, -0.15) is 0 Å². The van der Waals surface area contributed by atoms with E-state index in [4.69, 9.17) is 0 Å². The number of carbonyl (C=O) groups is 3. The van der Waals surface area contributed by atoms with Crippen LogP contribution in [0, 0.1) is 11.8 Å². The van der Waals surface area contributed by atoms with Gasteiger partial charge in [-0.15, -0.1) is 0 Å². The van der Waals surface area contributed by atoms with Crippen molar-refractivity contribution >= 4 is 17.7 Å². The number of aryl methyl sites for hydroxylation is 1. The average Bonchev–Trinajstić information content (AvgIpc) is 3.37. The monoisotopic (exact) mass is 445 g/mol. The fourth-order valence-electron chi connectivity index (χ4n) is 5.61. The summed E-state index contributed by atoms with van der Waals surface area (Å²) in [5, 5.41) is 0. The van der Waals surface area contributed by atoms with Crippen LogP contribution < -0.4 is 0 Å². The highest BCUT2D eigenvalue weighted by molar-refractivity contribution is 6.06. The van der Waals surface area contributed by atoms with Crippen molar-refractivity contribution < 1.29 is 14.4 Å². The van der Waals surface area contributed by atoms with Gasteiger partial charge in [0, 0.05) is 45.2 Å². The van der Waals surface area contributed by atoms with Crippen LogP contribution in [0.5, 0.6) is 0 Å². The van der Waals surface area contributed by atoms with Crippen molar-refractivity contribution in [2.75, 3.05) is 26.2 Å². The number of hydrogen-bond acceptors (Lipinski definition) is 4. The van der Waals surface area contributed by atoms with Crippen LogP contribution >= 0.6 is 0 Å². The molecule has 2 aromatic carbocycles. The molecule has 3 heterocycles. The van der Waals surface area contributed by atoms with Gasteiger partial charge in [-0.05, 0) is 30.4 Å². The van der Waals surface area contributed by atoms with E-state index in [1.807, 2.05) is 53.4 Å². The third-order valence-electron chi connectivity index (χ3n) is 7.41. The van der Waals surface area contributed by atoms with Crippen molar-refractivity contribution in [2.45, 2.75) is 38.3 Å². The number of likely N-dealkylation sites (tertiary alicyclic amines) is 3. The molecule has 0 bridgehead atoms. The largest absolute Gasteiger partial charge is 0.343 e. The summed E-state index contributed by atoms with van der Waals surface area (Å²) in [4.78, 5) is 44.7. The third-order valence-corrected chi connectivity index (χ3v) is 7.41. The van der Waals surface area contributed by atoms with Gasteiger partial charge in [-0.25, -0.2) is 0 Å². The van der Waals surface area contributed by atoms with Crippen LogP contribution in [0.15, 0.2) is 60.7 Å². The Morgan fingerprint density at radius 3 is 1.91 bits per heavy atom. The third kappa shape index (κ3) is 4.58. The molecule has 0 radical (unpaired) electrons. The van der Waals surface area contributed by atoms with E-state index >= 15 is 0 Å². The van der Waals surface area contributed by atoms with Crippen LogP contribution in [0.2, 0.25) is 0 Å². The van der Waals surface area contributed by atoms with E-state index in [9.17, 15) is 14.4 Å². The smallest absolute Gasteiger partial charge is 0.234 e. The van der Waals surface area contributed by atoms with Gasteiger partial charge in [-0.3, -0.25) is 24.2 Å². The first-order valence-electron chi connectivity index (χ1n) is 12.0. The molecule has 6 heteroatoms. The van der Waals surface area contributed by atoms with Gasteiger partial charge in [0.15, 0.2) is 0 Å². The molecule has 3 fully saturated rings. The first-order valence-corrected chi connectivity index (χ1v) is 12.0. The molecule has 0 aliphatic carbocycles. The lowest BCUT2D eigenvalue weighted by molar-refractivity contribution is -0.145. The number of carbonyl (C=O) groups excluding carboxylic acids is 3. The second kappa shape index (κ2) is 9.48. The van der Waals surface area contributed by atoms with Crippen LogP contribution in [-0.2, 0) is 27.3 Å². The Morgan fingerprint density at radius 1 is 0.788 bits per heavy atom. The predicted octanol–water partition coefficient (Wildman–Crippen LogP) is 2.73. The molecule has 0 aromatic heterocycles. The van der Waals surface area contributed by atoms with Gasteiger partial charge < -0.3 is 4.90 Å². The number of hydrogen-bond donors (Lipinski definition) is 0. The predicted molar refractivity (Wildman–Crippen MR) is 125 cm³/mol. The zero-order valence-corrected chi connectivity index (χ0v) is 18.9. The van der Waals surface area contributed by atoms with Gasteiger partial charge in [0.25, 0.3) is 0 Å². The Kier molecular flexibility index (Phi) is 6.27. The summed E-state index contributed by atoms with van der Waals surface area (Å²) in [6.45, 7) is 3.31. The van der Waals surface area contributed by atoms with Crippen LogP contribution in [-0.4, -0.2) is 64.6 Å². The van der Waals surface area contributed by atoms with Gasteiger partial charge >= 0.3 is 0 Å². The first kappa shape index (κ1) is 21.8.